The number of para-hydroxylation sites is 2. The summed E-state index contributed by atoms with van der Waals surface area (Å²) in [5.41, 5.74) is 6.43. The molecule has 0 saturated carbocycles. The first kappa shape index (κ1) is 14.3. The van der Waals surface area contributed by atoms with Crippen molar-refractivity contribution < 1.29 is 19.4 Å². The number of phenols is 1. The standard InChI is InChI=1S/C16H13NO4/c17-13-7-3-2-6-12(13)16(20)21-15(19)10-9-11-5-1-4-8-14(11)18/h1-10,18H,17H2. The largest absolute Gasteiger partial charge is 0.507 e. The summed E-state index contributed by atoms with van der Waals surface area (Å²) in [6.45, 7) is 0. The molecule has 2 rings (SSSR count). The van der Waals surface area contributed by atoms with Gasteiger partial charge in [0.15, 0.2) is 0 Å². The highest BCUT2D eigenvalue weighted by Crippen LogP contribution is 2.17. The first-order chi connectivity index (χ1) is 10.1. The van der Waals surface area contributed by atoms with Crippen LogP contribution in [0, 0.1) is 0 Å². The molecule has 0 aromatic heterocycles. The fourth-order valence-corrected chi connectivity index (χ4v) is 1.65. The average Bonchev–Trinajstić information content (AvgIpc) is 2.46. The van der Waals surface area contributed by atoms with Gasteiger partial charge in [0.05, 0.1) is 5.56 Å². The van der Waals surface area contributed by atoms with E-state index in [0.29, 0.717) is 5.56 Å². The van der Waals surface area contributed by atoms with E-state index in [2.05, 4.69) is 4.74 Å². The normalized spacial score (nSPS) is 10.5. The van der Waals surface area contributed by atoms with Crippen LogP contribution in [0.3, 0.4) is 0 Å². The van der Waals surface area contributed by atoms with E-state index in [1.807, 2.05) is 0 Å². The Balaban J connectivity index is 2.04. The zero-order chi connectivity index (χ0) is 15.2. The third-order valence-electron chi connectivity index (χ3n) is 2.71. The van der Waals surface area contributed by atoms with Crippen LogP contribution >= 0.6 is 0 Å². The molecule has 2 aromatic rings. The molecule has 21 heavy (non-hydrogen) atoms. The number of benzene rings is 2. The average molecular weight is 283 g/mol. The molecule has 0 aliphatic heterocycles. The Labute approximate surface area is 121 Å². The third kappa shape index (κ3) is 3.70. The second-order valence-corrected chi connectivity index (χ2v) is 4.19. The molecular weight excluding hydrogens is 270 g/mol. The molecule has 0 fully saturated rings. The fourth-order valence-electron chi connectivity index (χ4n) is 1.65. The highest BCUT2D eigenvalue weighted by Gasteiger charge is 2.13. The van der Waals surface area contributed by atoms with Crippen molar-refractivity contribution in [1.82, 2.24) is 0 Å². The van der Waals surface area contributed by atoms with Gasteiger partial charge in [-0.1, -0.05) is 30.3 Å². The maximum atomic E-state index is 11.7. The molecule has 0 unspecified atom stereocenters. The van der Waals surface area contributed by atoms with Gasteiger partial charge in [-0.2, -0.15) is 0 Å². The fraction of sp³-hybridized carbons (Fsp3) is 0. The predicted molar refractivity (Wildman–Crippen MR) is 78.4 cm³/mol. The minimum absolute atomic E-state index is 0.0279. The van der Waals surface area contributed by atoms with Gasteiger partial charge in [-0.3, -0.25) is 0 Å². The molecule has 5 heteroatoms. The zero-order valence-electron chi connectivity index (χ0n) is 11.0. The molecule has 106 valence electrons. The van der Waals surface area contributed by atoms with Gasteiger partial charge in [0.2, 0.25) is 0 Å². The van der Waals surface area contributed by atoms with Crippen LogP contribution in [0.1, 0.15) is 15.9 Å². The van der Waals surface area contributed by atoms with Crippen LogP contribution in [-0.4, -0.2) is 17.0 Å². The van der Waals surface area contributed by atoms with Crippen LogP contribution in [0.15, 0.2) is 54.6 Å². The van der Waals surface area contributed by atoms with Crippen molar-refractivity contribution in [2.75, 3.05) is 5.73 Å². The van der Waals surface area contributed by atoms with Crippen LogP contribution in [0.4, 0.5) is 5.69 Å². The number of phenolic OH excluding ortho intramolecular Hbond substituents is 1. The first-order valence-electron chi connectivity index (χ1n) is 6.14. The Kier molecular flexibility index (Phi) is 4.36. The summed E-state index contributed by atoms with van der Waals surface area (Å²) < 4.78 is 4.65. The summed E-state index contributed by atoms with van der Waals surface area (Å²) in [6.07, 6.45) is 2.42. The van der Waals surface area contributed by atoms with Crippen molar-refractivity contribution in [3.8, 4) is 5.75 Å². The molecular formula is C16H13NO4. The Hall–Kier alpha value is -3.08. The van der Waals surface area contributed by atoms with E-state index >= 15 is 0 Å². The zero-order valence-corrected chi connectivity index (χ0v) is 11.0. The Morgan fingerprint density at radius 1 is 1.05 bits per heavy atom. The van der Waals surface area contributed by atoms with Gasteiger partial charge >= 0.3 is 11.9 Å². The number of aromatic hydroxyl groups is 1. The number of ether oxygens (including phenoxy) is 1. The van der Waals surface area contributed by atoms with Crippen LogP contribution in [0.5, 0.6) is 5.75 Å². The lowest BCUT2D eigenvalue weighted by molar-refractivity contribution is -0.132. The molecule has 5 nitrogen and oxygen atoms in total. The van der Waals surface area contributed by atoms with E-state index in [9.17, 15) is 14.7 Å². The Morgan fingerprint density at radius 2 is 1.71 bits per heavy atom. The lowest BCUT2D eigenvalue weighted by Gasteiger charge is -2.03. The maximum absolute atomic E-state index is 11.7. The highest BCUT2D eigenvalue weighted by atomic mass is 16.6. The number of hydrogen-bond donors (Lipinski definition) is 2. The number of carbonyl (C=O) groups excluding carboxylic acids is 2. The number of rotatable bonds is 3. The number of carbonyl (C=O) groups is 2. The second-order valence-electron chi connectivity index (χ2n) is 4.19. The lowest BCUT2D eigenvalue weighted by atomic mass is 10.2. The SMILES string of the molecule is Nc1ccccc1C(=O)OC(=O)C=Cc1ccccc1O. The van der Waals surface area contributed by atoms with E-state index in [1.54, 1.807) is 36.4 Å². The number of hydrogen-bond acceptors (Lipinski definition) is 5. The number of esters is 2. The number of nitrogens with two attached hydrogens (primary N) is 1. The molecule has 0 heterocycles. The minimum atomic E-state index is -0.841. The van der Waals surface area contributed by atoms with Crippen molar-refractivity contribution in [1.29, 1.82) is 0 Å². The van der Waals surface area contributed by atoms with Crippen molar-refractivity contribution in [2.45, 2.75) is 0 Å². The summed E-state index contributed by atoms with van der Waals surface area (Å²) in [7, 11) is 0. The Morgan fingerprint density at radius 3 is 2.43 bits per heavy atom. The molecule has 0 amide bonds. The predicted octanol–water partition coefficient (Wildman–Crippen LogP) is 2.37. The molecule has 0 atom stereocenters. The second kappa shape index (κ2) is 6.38. The first-order valence-corrected chi connectivity index (χ1v) is 6.14. The van der Waals surface area contributed by atoms with Crippen LogP contribution in [-0.2, 0) is 9.53 Å². The number of anilines is 1. The molecule has 0 aliphatic carbocycles. The van der Waals surface area contributed by atoms with Crippen molar-refractivity contribution >= 4 is 23.7 Å². The smallest absolute Gasteiger partial charge is 0.348 e. The van der Waals surface area contributed by atoms with Crippen molar-refractivity contribution in [3.05, 3.63) is 65.7 Å². The van der Waals surface area contributed by atoms with E-state index in [1.165, 1.54) is 18.2 Å². The highest BCUT2D eigenvalue weighted by molar-refractivity contribution is 6.03. The van der Waals surface area contributed by atoms with Gasteiger partial charge in [0, 0.05) is 17.3 Å². The van der Waals surface area contributed by atoms with Crippen LogP contribution in [0.2, 0.25) is 0 Å². The molecule has 2 aromatic carbocycles. The molecule has 3 N–H and O–H groups in total. The van der Waals surface area contributed by atoms with Crippen molar-refractivity contribution in [3.63, 3.8) is 0 Å². The van der Waals surface area contributed by atoms with E-state index < -0.39 is 11.9 Å². The summed E-state index contributed by atoms with van der Waals surface area (Å²) in [5.74, 6) is -1.63. The van der Waals surface area contributed by atoms with Crippen LogP contribution in [0.25, 0.3) is 6.08 Å². The monoisotopic (exact) mass is 283 g/mol. The summed E-state index contributed by atoms with van der Waals surface area (Å²) in [4.78, 5) is 23.3. The van der Waals surface area contributed by atoms with Crippen LogP contribution < -0.4 is 5.73 Å². The molecule has 0 bridgehead atoms. The van der Waals surface area contributed by atoms with E-state index in [0.717, 1.165) is 6.08 Å². The quantitative estimate of drug-likeness (QED) is 0.390. The summed E-state index contributed by atoms with van der Waals surface area (Å²) in [5, 5.41) is 9.53. The van der Waals surface area contributed by atoms with Gasteiger partial charge in [-0.05, 0) is 24.3 Å². The minimum Gasteiger partial charge on any atom is -0.507 e. The van der Waals surface area contributed by atoms with Gasteiger partial charge in [-0.25, -0.2) is 9.59 Å². The van der Waals surface area contributed by atoms with Gasteiger partial charge in [0.1, 0.15) is 5.75 Å². The van der Waals surface area contributed by atoms with Gasteiger partial charge in [-0.15, -0.1) is 0 Å². The van der Waals surface area contributed by atoms with Gasteiger partial charge < -0.3 is 15.6 Å². The summed E-state index contributed by atoms with van der Waals surface area (Å²) >= 11 is 0. The topological polar surface area (TPSA) is 89.6 Å². The van der Waals surface area contributed by atoms with Crippen molar-refractivity contribution in [2.24, 2.45) is 0 Å². The van der Waals surface area contributed by atoms with E-state index in [4.69, 9.17) is 5.73 Å². The summed E-state index contributed by atoms with van der Waals surface area (Å²) in [6, 6.07) is 12.8. The third-order valence-corrected chi connectivity index (χ3v) is 2.71. The maximum Gasteiger partial charge on any atom is 0.348 e. The molecule has 0 saturated heterocycles. The van der Waals surface area contributed by atoms with Gasteiger partial charge in [0.25, 0.3) is 0 Å². The number of nitrogen functional groups attached to an aromatic ring is 1. The Bertz CT molecular complexity index is 707. The molecule has 0 aliphatic rings. The molecule has 0 spiro atoms. The van der Waals surface area contributed by atoms with E-state index in [-0.39, 0.29) is 17.0 Å². The molecule has 0 radical (unpaired) electrons. The lowest BCUT2D eigenvalue weighted by Crippen LogP contribution is -2.12.